The first kappa shape index (κ1) is 25.4. The number of sulfone groups is 1. The summed E-state index contributed by atoms with van der Waals surface area (Å²) in [4.78, 5) is 17.7. The van der Waals surface area contributed by atoms with Crippen LogP contribution in [0.1, 0.15) is 44.2 Å². The van der Waals surface area contributed by atoms with Gasteiger partial charge in [-0.3, -0.25) is 4.79 Å². The molecule has 1 aromatic carbocycles. The summed E-state index contributed by atoms with van der Waals surface area (Å²) in [5, 5.41) is 8.93. The molecule has 0 amide bonds. The van der Waals surface area contributed by atoms with Gasteiger partial charge in [-0.2, -0.15) is 14.7 Å². The van der Waals surface area contributed by atoms with Crippen LogP contribution in [-0.4, -0.2) is 56.4 Å². The molecule has 5 rings (SSSR count). The first-order valence-electron chi connectivity index (χ1n) is 12.0. The van der Waals surface area contributed by atoms with E-state index in [9.17, 15) is 13.2 Å². The quantitative estimate of drug-likeness (QED) is 0.336. The standard InChI is InChI=1S/C25H27BrN6O4S/c1-3-36-24(33)25(37(2,34)35)11-9-16(10-12-25)21-20(26)22(27)32-23(30-21)19(14-29-32)17-13-28-31(15-17)18-7-5-4-6-8-18/h4-8,13-16H,3,9-12,27H2,1-2H3. The van der Waals surface area contributed by atoms with E-state index in [0.29, 0.717) is 34.5 Å². The number of hydrogen-bond acceptors (Lipinski definition) is 8. The molecule has 3 heterocycles. The number of nitrogens with two attached hydrogens (primary N) is 1. The Bertz CT molecular complexity index is 1570. The fourth-order valence-electron chi connectivity index (χ4n) is 5.02. The first-order valence-corrected chi connectivity index (χ1v) is 14.6. The minimum atomic E-state index is -3.68. The molecule has 0 unspecified atom stereocenters. The number of nitrogen functional groups attached to an aromatic ring is 1. The number of halogens is 1. The smallest absolute Gasteiger partial charge is 0.327 e. The highest BCUT2D eigenvalue weighted by atomic mass is 79.9. The summed E-state index contributed by atoms with van der Waals surface area (Å²) < 4.78 is 32.9. The summed E-state index contributed by atoms with van der Waals surface area (Å²) in [6, 6.07) is 9.77. The largest absolute Gasteiger partial charge is 0.465 e. The Morgan fingerprint density at radius 2 is 1.89 bits per heavy atom. The van der Waals surface area contributed by atoms with E-state index in [4.69, 9.17) is 15.5 Å². The summed E-state index contributed by atoms with van der Waals surface area (Å²) in [5.74, 6) is -0.376. The Balaban J connectivity index is 1.50. The van der Waals surface area contributed by atoms with Gasteiger partial charge in [-0.15, -0.1) is 0 Å². The molecule has 194 valence electrons. The van der Waals surface area contributed by atoms with Crippen molar-refractivity contribution in [3.8, 4) is 16.8 Å². The predicted molar refractivity (Wildman–Crippen MR) is 143 cm³/mol. The van der Waals surface area contributed by atoms with Crippen LogP contribution in [0.25, 0.3) is 22.5 Å². The molecule has 0 aliphatic heterocycles. The molecule has 0 atom stereocenters. The molecule has 1 aliphatic carbocycles. The van der Waals surface area contributed by atoms with E-state index >= 15 is 0 Å². The van der Waals surface area contributed by atoms with E-state index in [1.807, 2.05) is 36.5 Å². The van der Waals surface area contributed by atoms with Crippen molar-refractivity contribution in [3.05, 3.63) is 59.1 Å². The van der Waals surface area contributed by atoms with Crippen molar-refractivity contribution in [2.45, 2.75) is 43.3 Å². The van der Waals surface area contributed by atoms with E-state index in [1.54, 1.807) is 28.5 Å². The second kappa shape index (κ2) is 9.56. The maximum Gasteiger partial charge on any atom is 0.327 e. The highest BCUT2D eigenvalue weighted by molar-refractivity contribution is 9.10. The molecule has 12 heteroatoms. The number of nitrogens with zero attached hydrogens (tertiary/aromatic N) is 5. The van der Waals surface area contributed by atoms with Crippen molar-refractivity contribution in [1.82, 2.24) is 24.4 Å². The van der Waals surface area contributed by atoms with Crippen LogP contribution in [0, 0.1) is 0 Å². The van der Waals surface area contributed by atoms with E-state index in [0.717, 1.165) is 23.1 Å². The monoisotopic (exact) mass is 586 g/mol. The van der Waals surface area contributed by atoms with Gasteiger partial charge in [-0.25, -0.2) is 18.1 Å². The van der Waals surface area contributed by atoms with Crippen molar-refractivity contribution in [3.63, 3.8) is 0 Å². The summed E-state index contributed by atoms with van der Waals surface area (Å²) >= 11 is 3.58. The van der Waals surface area contributed by atoms with Crippen molar-refractivity contribution in [1.29, 1.82) is 0 Å². The fraction of sp³-hybridized carbons (Fsp3) is 0.360. The van der Waals surface area contributed by atoms with Crippen molar-refractivity contribution >= 4 is 43.2 Å². The highest BCUT2D eigenvalue weighted by Crippen LogP contribution is 2.45. The van der Waals surface area contributed by atoms with Gasteiger partial charge in [0.05, 0.1) is 34.9 Å². The van der Waals surface area contributed by atoms with Crippen LogP contribution < -0.4 is 5.73 Å². The van der Waals surface area contributed by atoms with Gasteiger partial charge in [-0.05, 0) is 60.7 Å². The zero-order valence-electron chi connectivity index (χ0n) is 20.5. The molecule has 0 bridgehead atoms. The molecule has 1 fully saturated rings. The lowest BCUT2D eigenvalue weighted by Gasteiger charge is -2.36. The minimum Gasteiger partial charge on any atom is -0.465 e. The molecule has 10 nitrogen and oxygen atoms in total. The molecular formula is C25H27BrN6O4S. The SMILES string of the molecule is CCOC(=O)C1(S(C)(=O)=O)CCC(c2nc3c(-c4cnn(-c5ccccc5)c4)cnn3c(N)c2Br)CC1. The lowest BCUT2D eigenvalue weighted by molar-refractivity contribution is -0.147. The summed E-state index contributed by atoms with van der Waals surface area (Å²) in [5.41, 5.74) is 10.3. The first-order chi connectivity index (χ1) is 17.7. The van der Waals surface area contributed by atoms with Crippen LogP contribution in [0.2, 0.25) is 0 Å². The van der Waals surface area contributed by atoms with Crippen LogP contribution >= 0.6 is 15.9 Å². The van der Waals surface area contributed by atoms with Crippen molar-refractivity contribution in [2.24, 2.45) is 0 Å². The van der Waals surface area contributed by atoms with Crippen LogP contribution in [0.3, 0.4) is 0 Å². The molecule has 3 aromatic heterocycles. The van der Waals surface area contributed by atoms with Gasteiger partial charge in [-0.1, -0.05) is 18.2 Å². The normalized spacial score (nSPS) is 20.2. The molecule has 1 saturated carbocycles. The average Bonchev–Trinajstić information content (AvgIpc) is 3.54. The number of para-hydroxylation sites is 1. The summed E-state index contributed by atoms with van der Waals surface area (Å²) in [6.45, 7) is 1.80. The molecule has 0 saturated heterocycles. The number of rotatable bonds is 6. The third-order valence-corrected chi connectivity index (χ3v) is 9.91. The third-order valence-electron chi connectivity index (χ3n) is 7.10. The Kier molecular flexibility index (Phi) is 6.57. The molecule has 37 heavy (non-hydrogen) atoms. The number of esters is 1. The van der Waals surface area contributed by atoms with Gasteiger partial charge in [0.1, 0.15) is 5.82 Å². The molecule has 1 aliphatic rings. The van der Waals surface area contributed by atoms with E-state index in [-0.39, 0.29) is 25.4 Å². The topological polar surface area (TPSA) is 134 Å². The van der Waals surface area contributed by atoms with E-state index in [2.05, 4.69) is 26.1 Å². The number of carbonyl (C=O) groups excluding carboxylic acids is 1. The number of anilines is 1. The zero-order chi connectivity index (χ0) is 26.4. The van der Waals surface area contributed by atoms with Gasteiger partial charge in [0, 0.05) is 29.5 Å². The second-order valence-corrected chi connectivity index (χ2v) is 12.4. The van der Waals surface area contributed by atoms with E-state index in [1.165, 1.54) is 0 Å². The molecule has 0 radical (unpaired) electrons. The van der Waals surface area contributed by atoms with Crippen LogP contribution in [0.15, 0.2) is 53.4 Å². The molecule has 0 spiro atoms. The summed E-state index contributed by atoms with van der Waals surface area (Å²) in [6.07, 6.45) is 7.69. The van der Waals surface area contributed by atoms with Crippen LogP contribution in [-0.2, 0) is 19.4 Å². The highest BCUT2D eigenvalue weighted by Gasteiger charge is 2.52. The summed E-state index contributed by atoms with van der Waals surface area (Å²) in [7, 11) is -3.68. The predicted octanol–water partition coefficient (Wildman–Crippen LogP) is 3.93. The van der Waals surface area contributed by atoms with E-state index < -0.39 is 20.6 Å². The lowest BCUT2D eigenvalue weighted by Crippen LogP contribution is -2.49. The molecule has 2 N–H and O–H groups in total. The van der Waals surface area contributed by atoms with Crippen LogP contribution in [0.4, 0.5) is 5.82 Å². The molecular weight excluding hydrogens is 560 g/mol. The number of ether oxygens (including phenoxy) is 1. The lowest BCUT2D eigenvalue weighted by atomic mass is 9.79. The Morgan fingerprint density at radius 3 is 2.54 bits per heavy atom. The van der Waals surface area contributed by atoms with Gasteiger partial charge in [0.25, 0.3) is 0 Å². The van der Waals surface area contributed by atoms with Gasteiger partial charge in [0.15, 0.2) is 20.2 Å². The number of hydrogen-bond donors (Lipinski definition) is 1. The maximum absolute atomic E-state index is 12.7. The Morgan fingerprint density at radius 1 is 1.19 bits per heavy atom. The van der Waals surface area contributed by atoms with Gasteiger partial charge in [0.2, 0.25) is 0 Å². The van der Waals surface area contributed by atoms with Crippen molar-refractivity contribution < 1.29 is 17.9 Å². The Hall–Kier alpha value is -3.25. The fourth-order valence-corrected chi connectivity index (χ4v) is 6.94. The van der Waals surface area contributed by atoms with Crippen molar-refractivity contribution in [2.75, 3.05) is 18.6 Å². The van der Waals surface area contributed by atoms with Crippen LogP contribution in [0.5, 0.6) is 0 Å². The maximum atomic E-state index is 12.7. The number of carbonyl (C=O) groups is 1. The van der Waals surface area contributed by atoms with Gasteiger partial charge < -0.3 is 10.5 Å². The second-order valence-electron chi connectivity index (χ2n) is 9.26. The van der Waals surface area contributed by atoms with Gasteiger partial charge >= 0.3 is 5.97 Å². The molecule has 4 aromatic rings. The minimum absolute atomic E-state index is 0.0965. The number of benzene rings is 1. The third kappa shape index (κ3) is 4.31. The zero-order valence-corrected chi connectivity index (χ0v) is 22.9. The number of aromatic nitrogens is 5. The Labute approximate surface area is 222 Å². The number of fused-ring (bicyclic) bond motifs is 1. The average molecular weight is 588 g/mol.